The monoisotopic (exact) mass is 161 g/mol. The van der Waals surface area contributed by atoms with Gasteiger partial charge in [0.25, 0.3) is 0 Å². The fourth-order valence-corrected chi connectivity index (χ4v) is 0.975. The first-order chi connectivity index (χ1) is 5.86. The molecule has 0 amide bonds. The van der Waals surface area contributed by atoms with Crippen LogP contribution in [0.15, 0.2) is 29.4 Å². The van der Waals surface area contributed by atoms with Crippen molar-refractivity contribution in [1.82, 2.24) is 15.1 Å². The highest BCUT2D eigenvalue weighted by molar-refractivity contribution is 5.52. The Morgan fingerprint density at radius 3 is 2.92 bits per heavy atom. The van der Waals surface area contributed by atoms with E-state index in [0.29, 0.717) is 5.82 Å². The topological polar surface area (TPSA) is 51.8 Å². The Kier molecular flexibility index (Phi) is 1.59. The maximum Gasteiger partial charge on any atom is 0.214 e. The van der Waals surface area contributed by atoms with E-state index in [4.69, 9.17) is 0 Å². The van der Waals surface area contributed by atoms with Gasteiger partial charge in [-0.2, -0.15) is 4.98 Å². The van der Waals surface area contributed by atoms with Crippen LogP contribution < -0.4 is 0 Å². The highest BCUT2D eigenvalue weighted by Crippen LogP contribution is 2.13. The molecule has 2 aromatic rings. The molecule has 2 rings (SSSR count). The normalized spacial score (nSPS) is 10.1. The van der Waals surface area contributed by atoms with Crippen LogP contribution >= 0.6 is 0 Å². The average molecular weight is 161 g/mol. The van der Waals surface area contributed by atoms with Crippen LogP contribution in [-0.4, -0.2) is 15.1 Å². The maximum atomic E-state index is 4.62. The quantitative estimate of drug-likeness (QED) is 0.635. The molecule has 12 heavy (non-hydrogen) atoms. The van der Waals surface area contributed by atoms with Gasteiger partial charge in [0.05, 0.1) is 0 Å². The third kappa shape index (κ3) is 1.18. The summed E-state index contributed by atoms with van der Waals surface area (Å²) in [4.78, 5) is 7.93. The Bertz CT molecular complexity index is 370. The smallest absolute Gasteiger partial charge is 0.214 e. The van der Waals surface area contributed by atoms with Crippen molar-refractivity contribution in [3.8, 4) is 11.4 Å². The minimum absolute atomic E-state index is 0.575. The van der Waals surface area contributed by atoms with Gasteiger partial charge in [-0.1, -0.05) is 5.16 Å². The summed E-state index contributed by atoms with van der Waals surface area (Å²) < 4.78 is 4.62. The molecule has 0 aliphatic heterocycles. The minimum Gasteiger partial charge on any atom is -0.342 e. The second-order valence-corrected chi connectivity index (χ2v) is 2.51. The molecule has 0 spiro atoms. The molecule has 0 aliphatic carbocycles. The van der Waals surface area contributed by atoms with Crippen LogP contribution in [0.3, 0.4) is 0 Å². The minimum atomic E-state index is 0.575. The molecule has 4 heteroatoms. The predicted octanol–water partition coefficient (Wildman–Crippen LogP) is 1.44. The van der Waals surface area contributed by atoms with E-state index in [-0.39, 0.29) is 0 Å². The first-order valence-corrected chi connectivity index (χ1v) is 3.54. The van der Waals surface area contributed by atoms with Gasteiger partial charge in [-0.25, -0.2) is 0 Å². The fraction of sp³-hybridized carbons (Fsp3) is 0.125. The second-order valence-electron chi connectivity index (χ2n) is 2.51. The number of nitrogens with zero attached hydrogens (tertiary/aromatic N) is 3. The average Bonchev–Trinajstić information content (AvgIpc) is 2.56. The Balaban J connectivity index is 2.48. The second kappa shape index (κ2) is 2.73. The van der Waals surface area contributed by atoms with Gasteiger partial charge in [-0.3, -0.25) is 4.98 Å². The lowest BCUT2D eigenvalue weighted by Gasteiger charge is -1.93. The largest absolute Gasteiger partial charge is 0.342 e. The van der Waals surface area contributed by atoms with Crippen molar-refractivity contribution in [2.45, 2.75) is 6.92 Å². The summed E-state index contributed by atoms with van der Waals surface area (Å²) in [6, 6.07) is 1.96. The van der Waals surface area contributed by atoms with Gasteiger partial charge in [0.1, 0.15) is 0 Å². The molecule has 2 aromatic heterocycles. The van der Waals surface area contributed by atoms with E-state index >= 15 is 0 Å². The zero-order valence-electron chi connectivity index (χ0n) is 6.56. The van der Waals surface area contributed by atoms with Gasteiger partial charge in [0.2, 0.25) is 12.2 Å². The predicted molar refractivity (Wildman–Crippen MR) is 42.3 cm³/mol. The van der Waals surface area contributed by atoms with Gasteiger partial charge in [0, 0.05) is 18.0 Å². The summed E-state index contributed by atoms with van der Waals surface area (Å²) in [7, 11) is 0. The molecule has 0 saturated carbocycles. The first kappa shape index (κ1) is 6.97. The van der Waals surface area contributed by atoms with Crippen molar-refractivity contribution >= 4 is 0 Å². The summed E-state index contributed by atoms with van der Waals surface area (Å²) in [5.41, 5.74) is 1.96. The molecule has 4 nitrogen and oxygen atoms in total. The van der Waals surface area contributed by atoms with Crippen LogP contribution in [0.25, 0.3) is 11.4 Å². The molecule has 0 atom stereocenters. The van der Waals surface area contributed by atoms with Crippen molar-refractivity contribution in [3.63, 3.8) is 0 Å². The van der Waals surface area contributed by atoms with E-state index in [1.807, 2.05) is 13.0 Å². The van der Waals surface area contributed by atoms with Crippen LogP contribution in [-0.2, 0) is 0 Å². The highest BCUT2D eigenvalue weighted by Gasteiger charge is 2.01. The Morgan fingerprint density at radius 2 is 2.25 bits per heavy atom. The van der Waals surface area contributed by atoms with Crippen LogP contribution in [0.4, 0.5) is 0 Å². The summed E-state index contributed by atoms with van der Waals surface area (Å²) in [5, 5.41) is 3.70. The molecular formula is C8H7N3O. The molecule has 0 N–H and O–H groups in total. The van der Waals surface area contributed by atoms with E-state index in [1.54, 1.807) is 12.4 Å². The van der Waals surface area contributed by atoms with Crippen molar-refractivity contribution < 1.29 is 4.52 Å². The standard InChI is InChI=1S/C8H7N3O/c1-6-2-7(4-9-3-6)8-10-5-12-11-8/h2-5H,1H3. The van der Waals surface area contributed by atoms with E-state index in [0.717, 1.165) is 11.1 Å². The van der Waals surface area contributed by atoms with Gasteiger partial charge >= 0.3 is 0 Å². The van der Waals surface area contributed by atoms with Crippen LogP contribution in [0.1, 0.15) is 5.56 Å². The SMILES string of the molecule is Cc1cncc(-c2ncon2)c1. The summed E-state index contributed by atoms with van der Waals surface area (Å²) in [6.45, 7) is 1.97. The third-order valence-corrected chi connectivity index (χ3v) is 1.49. The molecule has 0 fully saturated rings. The third-order valence-electron chi connectivity index (χ3n) is 1.49. The number of aromatic nitrogens is 3. The van der Waals surface area contributed by atoms with Gasteiger partial charge in [-0.05, 0) is 18.6 Å². The van der Waals surface area contributed by atoms with Crippen molar-refractivity contribution in [2.75, 3.05) is 0 Å². The zero-order chi connectivity index (χ0) is 8.39. The Hall–Kier alpha value is -1.71. The molecule has 0 aromatic carbocycles. The number of hydrogen-bond acceptors (Lipinski definition) is 4. The number of hydrogen-bond donors (Lipinski definition) is 0. The lowest BCUT2D eigenvalue weighted by Crippen LogP contribution is -1.83. The molecule has 2 heterocycles. The maximum absolute atomic E-state index is 4.62. The van der Waals surface area contributed by atoms with Gasteiger partial charge in [0.15, 0.2) is 0 Å². The molecule has 0 aliphatic rings. The molecule has 0 radical (unpaired) electrons. The van der Waals surface area contributed by atoms with Crippen LogP contribution in [0.2, 0.25) is 0 Å². The lowest BCUT2D eigenvalue weighted by molar-refractivity contribution is 0.418. The first-order valence-electron chi connectivity index (χ1n) is 3.54. The molecule has 0 unspecified atom stereocenters. The van der Waals surface area contributed by atoms with E-state index in [2.05, 4.69) is 19.6 Å². The summed E-state index contributed by atoms with van der Waals surface area (Å²) in [5.74, 6) is 0.575. The van der Waals surface area contributed by atoms with E-state index < -0.39 is 0 Å². The summed E-state index contributed by atoms with van der Waals surface area (Å²) in [6.07, 6.45) is 4.79. The van der Waals surface area contributed by atoms with E-state index in [1.165, 1.54) is 6.39 Å². The lowest BCUT2D eigenvalue weighted by atomic mass is 10.2. The molecule has 0 saturated heterocycles. The van der Waals surface area contributed by atoms with Crippen molar-refractivity contribution in [1.29, 1.82) is 0 Å². The van der Waals surface area contributed by atoms with Crippen LogP contribution in [0, 0.1) is 6.92 Å². The van der Waals surface area contributed by atoms with Crippen molar-refractivity contribution in [2.24, 2.45) is 0 Å². The molecule has 0 bridgehead atoms. The summed E-state index contributed by atoms with van der Waals surface area (Å²) >= 11 is 0. The number of pyridine rings is 1. The van der Waals surface area contributed by atoms with Gasteiger partial charge < -0.3 is 4.52 Å². The van der Waals surface area contributed by atoms with Crippen molar-refractivity contribution in [3.05, 3.63) is 30.4 Å². The molecular weight excluding hydrogens is 154 g/mol. The van der Waals surface area contributed by atoms with Gasteiger partial charge in [-0.15, -0.1) is 0 Å². The zero-order valence-corrected chi connectivity index (χ0v) is 6.56. The van der Waals surface area contributed by atoms with E-state index in [9.17, 15) is 0 Å². The Labute approximate surface area is 69.3 Å². The number of aryl methyl sites for hydroxylation is 1. The van der Waals surface area contributed by atoms with Crippen LogP contribution in [0.5, 0.6) is 0 Å². The highest BCUT2D eigenvalue weighted by atomic mass is 16.5. The Morgan fingerprint density at radius 1 is 1.33 bits per heavy atom. The fourth-order valence-electron chi connectivity index (χ4n) is 0.975. The number of rotatable bonds is 1. The molecule has 60 valence electrons.